The van der Waals surface area contributed by atoms with Crippen LogP contribution in [0, 0.1) is 6.92 Å². The van der Waals surface area contributed by atoms with Crippen LogP contribution >= 0.6 is 0 Å². The zero-order chi connectivity index (χ0) is 24.0. The third kappa shape index (κ3) is 103. The van der Waals surface area contributed by atoms with Crippen molar-refractivity contribution in [3.05, 3.63) is 6.92 Å². The Balaban J connectivity index is -0.000000142. The van der Waals surface area contributed by atoms with Gasteiger partial charge in [-0.3, -0.25) is 0 Å². The molecule has 0 spiro atoms. The second-order valence-corrected chi connectivity index (χ2v) is 8.95. The van der Waals surface area contributed by atoms with Crippen molar-refractivity contribution in [2.45, 2.75) is 170 Å². The number of hydrogen-bond donors (Lipinski definition) is 0. The molecule has 0 saturated carbocycles. The van der Waals surface area contributed by atoms with Crippen LogP contribution in [0.25, 0.3) is 0 Å². The van der Waals surface area contributed by atoms with Crippen LogP contribution in [-0.4, -0.2) is 18.3 Å². The fourth-order valence-electron chi connectivity index (χ4n) is 2.55. The van der Waals surface area contributed by atoms with Gasteiger partial charge in [-0.05, 0) is 0 Å². The van der Waals surface area contributed by atoms with Crippen LogP contribution in [0.3, 0.4) is 0 Å². The van der Waals surface area contributed by atoms with Crippen LogP contribution in [0.4, 0.5) is 0 Å². The Bertz CT molecular complexity index is 208. The summed E-state index contributed by atoms with van der Waals surface area (Å²) >= 11 is 0. The first-order valence-corrected chi connectivity index (χ1v) is 12.9. The number of rotatable bonds is 15. The van der Waals surface area contributed by atoms with E-state index in [2.05, 4.69) is 13.8 Å². The van der Waals surface area contributed by atoms with Gasteiger partial charge in [0.15, 0.2) is 0 Å². The maximum atomic E-state index is 9.53. The fraction of sp³-hybridized carbons (Fsp3) is 0.963. The smallest absolute Gasteiger partial charge is 0.852 e. The number of unbranched alkanes of at least 4 members (excludes halogenated alkanes) is 15. The molecule has 4 heteroatoms. The van der Waals surface area contributed by atoms with Crippen LogP contribution in [-0.2, 0) is 21.7 Å². The Morgan fingerprint density at radius 3 is 0.774 bits per heavy atom. The monoisotopic (exact) mass is 478 g/mol. The van der Waals surface area contributed by atoms with Gasteiger partial charge in [0, 0.05) is 0 Å². The molecule has 0 bridgehead atoms. The maximum absolute atomic E-state index is 9.53. The Hall–Kier alpha value is 0.594. The van der Waals surface area contributed by atoms with Crippen LogP contribution < -0.4 is 15.3 Å². The van der Waals surface area contributed by atoms with E-state index in [4.69, 9.17) is 0 Å². The van der Waals surface area contributed by atoms with E-state index in [0.717, 1.165) is 6.42 Å². The summed E-state index contributed by atoms with van der Waals surface area (Å²) in [6, 6.07) is 0. The molecule has 0 N–H and O–H groups in total. The van der Waals surface area contributed by atoms with E-state index in [9.17, 15) is 15.3 Å². The third-order valence-electron chi connectivity index (χ3n) is 3.85. The van der Waals surface area contributed by atoms with Crippen molar-refractivity contribution in [2.75, 3.05) is 0 Å². The first-order chi connectivity index (χ1) is 14.1. The molecule has 0 aliphatic heterocycles. The molecule has 0 aliphatic carbocycles. The molecule has 0 aromatic rings. The molecule has 0 rings (SSSR count). The Kier molecular flexibility index (Phi) is 55.2. The van der Waals surface area contributed by atoms with Crippen LogP contribution in [0.5, 0.6) is 0 Å². The largest absolute Gasteiger partial charge is 4.00 e. The summed E-state index contributed by atoms with van der Waals surface area (Å²) in [4.78, 5) is 0. The molecule has 0 heterocycles. The van der Waals surface area contributed by atoms with E-state index in [1.165, 1.54) is 96.3 Å². The van der Waals surface area contributed by atoms with Gasteiger partial charge in [0.25, 0.3) is 0 Å². The minimum atomic E-state index is -0.417. The first-order valence-electron chi connectivity index (χ1n) is 12.9. The van der Waals surface area contributed by atoms with E-state index in [-0.39, 0.29) is 21.7 Å². The zero-order valence-corrected chi connectivity index (χ0v) is 24.0. The summed E-state index contributed by atoms with van der Waals surface area (Å²) in [5.74, 6) is 0. The zero-order valence-electron chi connectivity index (χ0n) is 22.5. The van der Waals surface area contributed by atoms with Crippen molar-refractivity contribution >= 4 is 0 Å². The summed E-state index contributed by atoms with van der Waals surface area (Å²) < 4.78 is 0. The van der Waals surface area contributed by atoms with Gasteiger partial charge in [-0.25, -0.2) is 0 Å². The Morgan fingerprint density at radius 2 is 0.613 bits per heavy atom. The van der Waals surface area contributed by atoms with E-state index in [0.29, 0.717) is 0 Å². The SMILES string of the molecule is CC(C)[O-].CC(C)[O-].CC(C)[O-].[CH2-]CCCCCCCCCCCCCCCCC.[Ti+4]. The van der Waals surface area contributed by atoms with Gasteiger partial charge in [0.2, 0.25) is 0 Å². The van der Waals surface area contributed by atoms with Crippen molar-refractivity contribution in [1.82, 2.24) is 0 Å². The van der Waals surface area contributed by atoms with Gasteiger partial charge in [-0.2, -0.15) is 6.42 Å². The average molecular weight is 479 g/mol. The second-order valence-electron chi connectivity index (χ2n) is 8.95. The molecule has 3 nitrogen and oxygen atoms in total. The van der Waals surface area contributed by atoms with E-state index in [1.807, 2.05) is 0 Å². The van der Waals surface area contributed by atoms with Gasteiger partial charge in [0.1, 0.15) is 0 Å². The molecule has 0 aromatic heterocycles. The molecule has 0 atom stereocenters. The minimum absolute atomic E-state index is 0. The summed E-state index contributed by atoms with van der Waals surface area (Å²) in [6.07, 6.45) is 21.6. The van der Waals surface area contributed by atoms with Crippen LogP contribution in [0.1, 0.15) is 151 Å². The minimum Gasteiger partial charge on any atom is -0.852 e. The Morgan fingerprint density at radius 1 is 0.452 bits per heavy atom. The molecular formula is C27H58O3Ti. The summed E-state index contributed by atoms with van der Waals surface area (Å²) in [6.45, 7) is 15.8. The van der Waals surface area contributed by atoms with Gasteiger partial charge in [0.05, 0.1) is 0 Å². The number of hydrogen-bond acceptors (Lipinski definition) is 3. The van der Waals surface area contributed by atoms with Crippen molar-refractivity contribution in [2.24, 2.45) is 0 Å². The first kappa shape index (κ1) is 41.8. The topological polar surface area (TPSA) is 69.2 Å². The standard InChI is InChI=1S/C18H37.3C3H7O.Ti/c1-3-5-7-9-11-13-15-17-18-16-14-12-10-8-6-4-2;3*1-3(2)4;/h1,3-18H2,2H3;3*3H,1-2H3;/q4*-1;+4. The van der Waals surface area contributed by atoms with E-state index < -0.39 is 18.3 Å². The molecule has 0 fully saturated rings. The van der Waals surface area contributed by atoms with E-state index in [1.54, 1.807) is 41.5 Å². The average Bonchev–Trinajstić information content (AvgIpc) is 2.61. The van der Waals surface area contributed by atoms with Crippen molar-refractivity contribution < 1.29 is 37.0 Å². The Labute approximate surface area is 213 Å². The second kappa shape index (κ2) is 40.9. The normalized spacial score (nSPS) is 9.87. The van der Waals surface area contributed by atoms with Crippen molar-refractivity contribution in [1.29, 1.82) is 0 Å². The van der Waals surface area contributed by atoms with Gasteiger partial charge in [-0.15, -0.1) is 18.3 Å². The molecular weight excluding hydrogens is 420 g/mol. The van der Waals surface area contributed by atoms with Crippen LogP contribution in [0.2, 0.25) is 0 Å². The molecule has 0 aromatic carbocycles. The predicted octanol–water partition coefficient (Wildman–Crippen LogP) is 6.34. The summed E-state index contributed by atoms with van der Waals surface area (Å²) in [5.41, 5.74) is 0. The molecule has 0 unspecified atom stereocenters. The molecule has 0 amide bonds. The van der Waals surface area contributed by atoms with E-state index >= 15 is 0 Å². The third-order valence-corrected chi connectivity index (χ3v) is 3.85. The molecule has 0 aliphatic rings. The molecule has 0 radical (unpaired) electrons. The quantitative estimate of drug-likeness (QED) is 0.157. The molecule has 188 valence electrons. The van der Waals surface area contributed by atoms with Crippen LogP contribution in [0.15, 0.2) is 0 Å². The molecule has 0 saturated heterocycles. The van der Waals surface area contributed by atoms with Crippen molar-refractivity contribution in [3.8, 4) is 0 Å². The summed E-state index contributed by atoms with van der Waals surface area (Å²) in [7, 11) is 0. The van der Waals surface area contributed by atoms with Gasteiger partial charge < -0.3 is 22.2 Å². The summed E-state index contributed by atoms with van der Waals surface area (Å²) in [5, 5.41) is 28.6. The van der Waals surface area contributed by atoms with Gasteiger partial charge >= 0.3 is 21.7 Å². The van der Waals surface area contributed by atoms with Gasteiger partial charge in [-0.1, -0.05) is 145 Å². The molecule has 31 heavy (non-hydrogen) atoms. The maximum Gasteiger partial charge on any atom is 4.00 e. The predicted molar refractivity (Wildman–Crippen MR) is 130 cm³/mol. The van der Waals surface area contributed by atoms with Crippen molar-refractivity contribution in [3.63, 3.8) is 0 Å². The fourth-order valence-corrected chi connectivity index (χ4v) is 2.55.